The van der Waals surface area contributed by atoms with Crippen molar-refractivity contribution in [2.75, 3.05) is 0 Å². The van der Waals surface area contributed by atoms with Gasteiger partial charge in [0.2, 0.25) is 0 Å². The van der Waals surface area contributed by atoms with Gasteiger partial charge >= 0.3 is 0 Å². The molecule has 0 amide bonds. The topological polar surface area (TPSA) is 25.8 Å². The van der Waals surface area contributed by atoms with E-state index in [1.54, 1.807) is 0 Å². The van der Waals surface area contributed by atoms with Gasteiger partial charge < -0.3 is 0 Å². The Morgan fingerprint density at radius 1 is 0.360 bits per heavy atom. The molecule has 7 aromatic carbocycles. The van der Waals surface area contributed by atoms with Gasteiger partial charge in [-0.05, 0) is 62.7 Å². The molecule has 238 valence electrons. The van der Waals surface area contributed by atoms with Gasteiger partial charge in [0.15, 0.2) is 0 Å². The van der Waals surface area contributed by atoms with Crippen LogP contribution in [0.2, 0.25) is 0 Å². The molecular formula is C48H36N2. The maximum absolute atomic E-state index is 5.30. The average Bonchev–Trinajstić information content (AvgIpc) is 3.18. The number of aromatic nitrogens is 2. The lowest BCUT2D eigenvalue weighted by Crippen LogP contribution is -2.49. The molecule has 1 aromatic heterocycles. The van der Waals surface area contributed by atoms with E-state index in [2.05, 4.69) is 184 Å². The summed E-state index contributed by atoms with van der Waals surface area (Å²) in [5, 5.41) is 0. The lowest BCUT2D eigenvalue weighted by molar-refractivity contribution is 0.353. The van der Waals surface area contributed by atoms with E-state index in [1.165, 1.54) is 33.4 Å². The van der Waals surface area contributed by atoms with Crippen LogP contribution in [-0.2, 0) is 10.8 Å². The van der Waals surface area contributed by atoms with Crippen molar-refractivity contribution in [1.82, 2.24) is 9.97 Å². The van der Waals surface area contributed by atoms with Gasteiger partial charge in [0, 0.05) is 16.5 Å². The van der Waals surface area contributed by atoms with E-state index in [9.17, 15) is 0 Å². The fourth-order valence-electron chi connectivity index (χ4n) is 8.49. The second kappa shape index (κ2) is 11.8. The van der Waals surface area contributed by atoms with E-state index in [0.29, 0.717) is 0 Å². The Morgan fingerprint density at radius 2 is 0.840 bits per heavy atom. The molecule has 8 aromatic rings. The molecule has 9 rings (SSSR count). The van der Waals surface area contributed by atoms with Crippen molar-refractivity contribution >= 4 is 11.0 Å². The molecule has 1 aliphatic carbocycles. The van der Waals surface area contributed by atoms with E-state index in [0.717, 1.165) is 44.7 Å². The lowest BCUT2D eigenvalue weighted by atomic mass is 9.49. The third-order valence-corrected chi connectivity index (χ3v) is 10.8. The van der Waals surface area contributed by atoms with Gasteiger partial charge in [-0.15, -0.1) is 0 Å². The molecule has 0 saturated carbocycles. The number of fused-ring (bicyclic) bond motifs is 4. The second-order valence-corrected chi connectivity index (χ2v) is 13.8. The molecule has 0 bridgehead atoms. The van der Waals surface area contributed by atoms with Crippen LogP contribution in [-0.4, -0.2) is 9.97 Å². The Bertz CT molecular complexity index is 2500. The second-order valence-electron chi connectivity index (χ2n) is 13.8. The summed E-state index contributed by atoms with van der Waals surface area (Å²) >= 11 is 0. The average molecular weight is 641 g/mol. The number of benzene rings is 7. The van der Waals surface area contributed by atoms with E-state index >= 15 is 0 Å². The number of hydrogen-bond acceptors (Lipinski definition) is 2. The van der Waals surface area contributed by atoms with Gasteiger partial charge in [-0.3, -0.25) is 0 Å². The summed E-state index contributed by atoms with van der Waals surface area (Å²) < 4.78 is 0. The molecule has 2 heteroatoms. The zero-order valence-electron chi connectivity index (χ0n) is 28.2. The van der Waals surface area contributed by atoms with Crippen LogP contribution in [0.15, 0.2) is 182 Å². The zero-order chi connectivity index (χ0) is 33.7. The third-order valence-electron chi connectivity index (χ3n) is 10.8. The van der Waals surface area contributed by atoms with Crippen LogP contribution in [0, 0.1) is 0 Å². The molecule has 50 heavy (non-hydrogen) atoms. The van der Waals surface area contributed by atoms with Gasteiger partial charge in [0.1, 0.15) is 0 Å². The SMILES string of the molecule is CC1(C)c2ccccc2-c2ccccc2C1(c1ccccc1)c1cccc(-c2ccc3nc(-c4ccccc4)c(-c4ccccc4)nc3c2)c1. The van der Waals surface area contributed by atoms with Crippen molar-refractivity contribution < 1.29 is 0 Å². The van der Waals surface area contributed by atoms with Crippen molar-refractivity contribution in [2.24, 2.45) is 0 Å². The summed E-state index contributed by atoms with van der Waals surface area (Å²) in [5.41, 5.74) is 15.0. The van der Waals surface area contributed by atoms with Crippen molar-refractivity contribution in [1.29, 1.82) is 0 Å². The van der Waals surface area contributed by atoms with E-state index in [-0.39, 0.29) is 5.41 Å². The molecule has 1 heterocycles. The van der Waals surface area contributed by atoms with E-state index in [1.807, 2.05) is 12.1 Å². The summed E-state index contributed by atoms with van der Waals surface area (Å²) in [6.45, 7) is 4.84. The van der Waals surface area contributed by atoms with Gasteiger partial charge in [0.05, 0.1) is 27.8 Å². The molecule has 0 N–H and O–H groups in total. The van der Waals surface area contributed by atoms with Gasteiger partial charge in [-0.2, -0.15) is 0 Å². The summed E-state index contributed by atoms with van der Waals surface area (Å²) in [4.78, 5) is 10.5. The minimum atomic E-state index is -0.447. The molecule has 1 atom stereocenters. The highest BCUT2D eigenvalue weighted by molar-refractivity contribution is 5.89. The molecule has 0 radical (unpaired) electrons. The Morgan fingerprint density at radius 3 is 1.50 bits per heavy atom. The predicted octanol–water partition coefficient (Wildman–Crippen LogP) is 11.9. The van der Waals surface area contributed by atoms with Gasteiger partial charge in [-0.1, -0.05) is 178 Å². The number of hydrogen-bond donors (Lipinski definition) is 0. The number of nitrogens with zero attached hydrogens (tertiary/aromatic N) is 2. The molecule has 1 aliphatic rings. The van der Waals surface area contributed by atoms with Crippen molar-refractivity contribution in [3.05, 3.63) is 204 Å². The molecular weight excluding hydrogens is 605 g/mol. The summed E-state index contributed by atoms with van der Waals surface area (Å²) in [5.74, 6) is 0. The van der Waals surface area contributed by atoms with Crippen LogP contribution in [0.4, 0.5) is 0 Å². The maximum Gasteiger partial charge on any atom is 0.0973 e. The highest BCUT2D eigenvalue weighted by Gasteiger charge is 2.54. The third kappa shape index (κ3) is 4.56. The minimum absolute atomic E-state index is 0.273. The molecule has 0 aliphatic heterocycles. The van der Waals surface area contributed by atoms with Crippen LogP contribution in [0.5, 0.6) is 0 Å². The summed E-state index contributed by atoms with van der Waals surface area (Å²) in [6.07, 6.45) is 0. The van der Waals surface area contributed by atoms with Crippen molar-refractivity contribution in [2.45, 2.75) is 24.7 Å². The Labute approximate surface area is 293 Å². The smallest absolute Gasteiger partial charge is 0.0973 e. The maximum atomic E-state index is 5.30. The molecule has 0 fully saturated rings. The molecule has 1 unspecified atom stereocenters. The van der Waals surface area contributed by atoms with Crippen LogP contribution in [0.3, 0.4) is 0 Å². The van der Waals surface area contributed by atoms with E-state index < -0.39 is 5.41 Å². The summed E-state index contributed by atoms with van der Waals surface area (Å²) in [7, 11) is 0. The number of rotatable bonds is 5. The normalized spacial score (nSPS) is 16.0. The van der Waals surface area contributed by atoms with Crippen LogP contribution in [0.1, 0.15) is 36.1 Å². The first kappa shape index (κ1) is 30.0. The predicted molar refractivity (Wildman–Crippen MR) is 207 cm³/mol. The molecule has 0 spiro atoms. The van der Waals surface area contributed by atoms with Crippen LogP contribution >= 0.6 is 0 Å². The fraction of sp³-hybridized carbons (Fsp3) is 0.0833. The summed E-state index contributed by atoms with van der Waals surface area (Å²) in [6, 6.07) is 65.5. The highest BCUT2D eigenvalue weighted by atomic mass is 14.8. The highest BCUT2D eigenvalue weighted by Crippen LogP contribution is 2.60. The van der Waals surface area contributed by atoms with Crippen molar-refractivity contribution in [3.63, 3.8) is 0 Å². The molecule has 0 saturated heterocycles. The minimum Gasteiger partial charge on any atom is -0.244 e. The monoisotopic (exact) mass is 640 g/mol. The molecule has 2 nitrogen and oxygen atoms in total. The first-order chi connectivity index (χ1) is 24.6. The Kier molecular flexibility index (Phi) is 7.07. The lowest BCUT2D eigenvalue weighted by Gasteiger charge is -2.53. The first-order valence-corrected chi connectivity index (χ1v) is 17.3. The van der Waals surface area contributed by atoms with Gasteiger partial charge in [-0.25, -0.2) is 9.97 Å². The standard InChI is InChI=1S/C48H36N2/c1-47(2)41-27-14-12-25-39(41)40-26-13-15-28-42(40)48(47,37-22-10-5-11-23-37)38-24-16-21-35(31-38)36-29-30-43-44(32-36)50-46(34-19-8-4-9-20-34)45(49-43)33-17-6-3-7-18-33/h3-32H,1-2H3. The van der Waals surface area contributed by atoms with Crippen molar-refractivity contribution in [3.8, 4) is 44.8 Å². The quantitative estimate of drug-likeness (QED) is 0.187. The largest absolute Gasteiger partial charge is 0.244 e. The first-order valence-electron chi connectivity index (χ1n) is 17.3. The van der Waals surface area contributed by atoms with Crippen LogP contribution < -0.4 is 0 Å². The fourth-order valence-corrected chi connectivity index (χ4v) is 8.49. The Hall–Kier alpha value is -6.12. The van der Waals surface area contributed by atoms with Gasteiger partial charge in [0.25, 0.3) is 0 Å². The van der Waals surface area contributed by atoms with E-state index in [4.69, 9.17) is 9.97 Å². The Balaban J connectivity index is 1.26. The zero-order valence-corrected chi connectivity index (χ0v) is 28.2. The van der Waals surface area contributed by atoms with Crippen LogP contribution in [0.25, 0.3) is 55.8 Å².